The SMILES string of the molecule is Nc1nnc(C2CC3(CCC3)C2)o1.S. The Balaban J connectivity index is 0.000000750. The topological polar surface area (TPSA) is 64.9 Å². The molecule has 1 heterocycles. The van der Waals surface area contributed by atoms with Crippen LogP contribution in [0, 0.1) is 5.41 Å². The highest BCUT2D eigenvalue weighted by molar-refractivity contribution is 7.59. The first-order valence-electron chi connectivity index (χ1n) is 4.86. The van der Waals surface area contributed by atoms with Gasteiger partial charge in [-0.1, -0.05) is 11.5 Å². The highest BCUT2D eigenvalue weighted by Gasteiger charge is 2.50. The molecule has 1 aromatic heterocycles. The van der Waals surface area contributed by atoms with Crippen LogP contribution < -0.4 is 5.73 Å². The van der Waals surface area contributed by atoms with Crippen LogP contribution in [-0.2, 0) is 0 Å². The molecule has 0 aromatic carbocycles. The molecule has 2 fully saturated rings. The van der Waals surface area contributed by atoms with Crippen LogP contribution in [0.2, 0.25) is 0 Å². The van der Waals surface area contributed by atoms with E-state index in [1.165, 1.54) is 32.1 Å². The zero-order chi connectivity index (χ0) is 8.89. The Hall–Kier alpha value is -0.710. The van der Waals surface area contributed by atoms with Crippen LogP contribution in [0.3, 0.4) is 0 Å². The summed E-state index contributed by atoms with van der Waals surface area (Å²) in [4.78, 5) is 0. The Morgan fingerprint density at radius 2 is 2.00 bits per heavy atom. The number of hydrogen-bond donors (Lipinski definition) is 1. The summed E-state index contributed by atoms with van der Waals surface area (Å²) in [7, 11) is 0. The molecule has 0 bridgehead atoms. The van der Waals surface area contributed by atoms with Crippen LogP contribution in [-0.4, -0.2) is 10.2 Å². The number of nitrogens with zero attached hydrogens (tertiary/aromatic N) is 2. The van der Waals surface area contributed by atoms with Gasteiger partial charge in [0.15, 0.2) is 0 Å². The van der Waals surface area contributed by atoms with E-state index in [2.05, 4.69) is 10.2 Å². The lowest BCUT2D eigenvalue weighted by Crippen LogP contribution is -2.41. The molecule has 1 spiro atoms. The second-order valence-corrected chi connectivity index (χ2v) is 4.44. The molecule has 1 aromatic rings. The van der Waals surface area contributed by atoms with Crippen molar-refractivity contribution in [2.24, 2.45) is 5.41 Å². The monoisotopic (exact) mass is 213 g/mol. The van der Waals surface area contributed by atoms with Crippen LogP contribution >= 0.6 is 13.5 Å². The summed E-state index contributed by atoms with van der Waals surface area (Å²) >= 11 is 0. The van der Waals surface area contributed by atoms with E-state index in [0.29, 0.717) is 11.3 Å². The molecule has 4 nitrogen and oxygen atoms in total. The van der Waals surface area contributed by atoms with Crippen LogP contribution in [0.4, 0.5) is 6.01 Å². The van der Waals surface area contributed by atoms with Crippen LogP contribution in [0.15, 0.2) is 4.42 Å². The van der Waals surface area contributed by atoms with Gasteiger partial charge in [-0.25, -0.2) is 0 Å². The third-order valence-corrected chi connectivity index (χ3v) is 3.58. The summed E-state index contributed by atoms with van der Waals surface area (Å²) in [5, 5.41) is 7.59. The molecule has 0 saturated heterocycles. The fourth-order valence-electron chi connectivity index (χ4n) is 2.66. The lowest BCUT2D eigenvalue weighted by molar-refractivity contribution is 0.000288. The summed E-state index contributed by atoms with van der Waals surface area (Å²) in [6.07, 6.45) is 6.65. The summed E-state index contributed by atoms with van der Waals surface area (Å²) in [6, 6.07) is 0.199. The molecule has 2 N–H and O–H groups in total. The van der Waals surface area contributed by atoms with Crippen LogP contribution in [0.25, 0.3) is 0 Å². The molecule has 78 valence electrons. The van der Waals surface area contributed by atoms with E-state index in [1.807, 2.05) is 0 Å². The molecule has 3 rings (SSSR count). The van der Waals surface area contributed by atoms with E-state index < -0.39 is 0 Å². The quantitative estimate of drug-likeness (QED) is 0.772. The standard InChI is InChI=1S/C9H13N3O.H2S/c10-8-12-11-7(13-8)6-4-9(5-6)2-1-3-9;/h6H,1-5H2,(H2,10,12);1H2. The van der Waals surface area contributed by atoms with Gasteiger partial charge in [0, 0.05) is 5.92 Å². The summed E-state index contributed by atoms with van der Waals surface area (Å²) in [6.45, 7) is 0. The lowest BCUT2D eigenvalue weighted by Gasteiger charge is -2.53. The van der Waals surface area contributed by atoms with Crippen molar-refractivity contribution in [2.75, 3.05) is 5.73 Å². The van der Waals surface area contributed by atoms with E-state index in [1.54, 1.807) is 0 Å². The molecular weight excluding hydrogens is 198 g/mol. The normalized spacial score (nSPS) is 23.7. The number of aromatic nitrogens is 2. The fourth-order valence-corrected chi connectivity index (χ4v) is 2.66. The predicted molar refractivity (Wildman–Crippen MR) is 57.4 cm³/mol. The summed E-state index contributed by atoms with van der Waals surface area (Å²) < 4.78 is 5.20. The lowest BCUT2D eigenvalue weighted by atomic mass is 9.52. The molecule has 0 aliphatic heterocycles. The average Bonchev–Trinajstić information content (AvgIpc) is 2.29. The van der Waals surface area contributed by atoms with Gasteiger partial charge < -0.3 is 10.2 Å². The van der Waals surface area contributed by atoms with Crippen LogP contribution in [0.1, 0.15) is 43.9 Å². The average molecular weight is 213 g/mol. The maximum Gasteiger partial charge on any atom is 0.312 e. The maximum atomic E-state index is 5.37. The highest BCUT2D eigenvalue weighted by atomic mass is 32.1. The summed E-state index contributed by atoms with van der Waals surface area (Å²) in [5.41, 5.74) is 6.03. The van der Waals surface area contributed by atoms with Gasteiger partial charge in [0.05, 0.1) is 0 Å². The van der Waals surface area contributed by atoms with Crippen molar-refractivity contribution in [1.29, 1.82) is 0 Å². The fraction of sp³-hybridized carbons (Fsp3) is 0.778. The van der Waals surface area contributed by atoms with Gasteiger partial charge in [0.25, 0.3) is 0 Å². The molecule has 14 heavy (non-hydrogen) atoms. The number of rotatable bonds is 1. The Morgan fingerprint density at radius 3 is 2.43 bits per heavy atom. The van der Waals surface area contributed by atoms with Gasteiger partial charge in [0.1, 0.15) is 0 Å². The van der Waals surface area contributed by atoms with E-state index in [-0.39, 0.29) is 19.5 Å². The first kappa shape index (κ1) is 9.83. The van der Waals surface area contributed by atoms with Gasteiger partial charge >= 0.3 is 6.01 Å². The number of nitrogens with two attached hydrogens (primary N) is 1. The molecule has 0 radical (unpaired) electrons. The molecule has 2 saturated carbocycles. The number of nitrogen functional groups attached to an aromatic ring is 1. The Kier molecular flexibility index (Phi) is 2.21. The Morgan fingerprint density at radius 1 is 1.29 bits per heavy atom. The first-order chi connectivity index (χ1) is 6.27. The minimum absolute atomic E-state index is 0. The van der Waals surface area contributed by atoms with E-state index in [4.69, 9.17) is 10.2 Å². The Bertz CT molecular complexity index is 327. The maximum absolute atomic E-state index is 5.37. The zero-order valence-corrected chi connectivity index (χ0v) is 8.99. The summed E-state index contributed by atoms with van der Waals surface area (Å²) in [5.74, 6) is 1.24. The predicted octanol–water partition coefficient (Wildman–Crippen LogP) is 1.81. The molecule has 0 atom stereocenters. The number of hydrogen-bond acceptors (Lipinski definition) is 4. The van der Waals surface area contributed by atoms with Crippen molar-refractivity contribution < 1.29 is 4.42 Å². The van der Waals surface area contributed by atoms with E-state index >= 15 is 0 Å². The van der Waals surface area contributed by atoms with E-state index in [0.717, 1.165) is 5.89 Å². The van der Waals surface area contributed by atoms with Crippen molar-refractivity contribution in [3.05, 3.63) is 5.89 Å². The molecule has 5 heteroatoms. The second kappa shape index (κ2) is 3.15. The zero-order valence-electron chi connectivity index (χ0n) is 7.99. The second-order valence-electron chi connectivity index (χ2n) is 4.44. The minimum Gasteiger partial charge on any atom is -0.408 e. The smallest absolute Gasteiger partial charge is 0.312 e. The molecule has 0 unspecified atom stereocenters. The molecule has 0 amide bonds. The first-order valence-corrected chi connectivity index (χ1v) is 4.86. The van der Waals surface area contributed by atoms with Gasteiger partial charge in [-0.3, -0.25) is 0 Å². The third-order valence-electron chi connectivity index (χ3n) is 3.58. The van der Waals surface area contributed by atoms with Crippen molar-refractivity contribution in [3.8, 4) is 0 Å². The largest absolute Gasteiger partial charge is 0.408 e. The van der Waals surface area contributed by atoms with E-state index in [9.17, 15) is 0 Å². The number of anilines is 1. The van der Waals surface area contributed by atoms with Crippen molar-refractivity contribution in [1.82, 2.24) is 10.2 Å². The van der Waals surface area contributed by atoms with Crippen molar-refractivity contribution in [3.63, 3.8) is 0 Å². The minimum atomic E-state index is 0. The molecule has 2 aliphatic carbocycles. The molecular formula is C9H15N3OS. The van der Waals surface area contributed by atoms with Crippen molar-refractivity contribution in [2.45, 2.75) is 38.0 Å². The van der Waals surface area contributed by atoms with Crippen LogP contribution in [0.5, 0.6) is 0 Å². The van der Waals surface area contributed by atoms with Gasteiger partial charge in [0.2, 0.25) is 5.89 Å². The van der Waals surface area contributed by atoms with Gasteiger partial charge in [-0.05, 0) is 31.1 Å². The van der Waals surface area contributed by atoms with Gasteiger partial charge in [-0.2, -0.15) is 13.5 Å². The third kappa shape index (κ3) is 1.30. The van der Waals surface area contributed by atoms with Gasteiger partial charge in [-0.15, -0.1) is 5.10 Å². The molecule has 2 aliphatic rings. The highest BCUT2D eigenvalue weighted by Crippen LogP contribution is 2.61. The van der Waals surface area contributed by atoms with Crippen molar-refractivity contribution >= 4 is 19.5 Å². The Labute approximate surface area is 89.7 Å².